The molecular weight excluding hydrogens is 337 g/mol. The summed E-state index contributed by atoms with van der Waals surface area (Å²) in [7, 11) is -3.54. The molecule has 6 heteroatoms. The maximum Gasteiger partial charge on any atom is 0.366 e. The molecule has 5 nitrogen and oxygen atoms in total. The lowest BCUT2D eigenvalue weighted by atomic mass is 10.2. The molecule has 0 spiro atoms. The Labute approximate surface area is 146 Å². The van der Waals surface area contributed by atoms with E-state index in [0.717, 1.165) is 5.39 Å². The van der Waals surface area contributed by atoms with Crippen molar-refractivity contribution in [1.29, 1.82) is 0 Å². The van der Waals surface area contributed by atoms with Crippen LogP contribution >= 0.6 is 7.60 Å². The summed E-state index contributed by atoms with van der Waals surface area (Å²) in [5.41, 5.74) is 1.58. The molecule has 0 atom stereocenters. The molecule has 0 aliphatic rings. The Bertz CT molecular complexity index is 956. The number of benzene rings is 2. The number of para-hydroxylation sites is 2. The van der Waals surface area contributed by atoms with Crippen LogP contribution in [0.2, 0.25) is 0 Å². The number of hydrogen-bond donors (Lipinski definition) is 0. The van der Waals surface area contributed by atoms with E-state index in [4.69, 9.17) is 13.5 Å². The lowest BCUT2D eigenvalue weighted by Crippen LogP contribution is -2.27. The van der Waals surface area contributed by atoms with Gasteiger partial charge in [0.05, 0.1) is 18.9 Å². The third-order valence-electron chi connectivity index (χ3n) is 3.52. The molecular formula is C19H20NO4P. The first-order valence-corrected chi connectivity index (χ1v) is 9.73. The van der Waals surface area contributed by atoms with Crippen molar-refractivity contribution >= 4 is 29.6 Å². The van der Waals surface area contributed by atoms with Crippen LogP contribution in [0.3, 0.4) is 0 Å². The third-order valence-corrected chi connectivity index (χ3v) is 5.62. The average Bonchev–Trinajstić information content (AvgIpc) is 2.62. The molecule has 0 saturated carbocycles. The normalized spacial score (nSPS) is 12.6. The summed E-state index contributed by atoms with van der Waals surface area (Å²) in [6.45, 7) is 4.07. The van der Waals surface area contributed by atoms with Crippen LogP contribution in [-0.4, -0.2) is 13.2 Å². The Hall–Kier alpha value is -2.20. The lowest BCUT2D eigenvalue weighted by Gasteiger charge is -2.17. The highest BCUT2D eigenvalue weighted by atomic mass is 31.2. The van der Waals surface area contributed by atoms with Gasteiger partial charge in [-0.05, 0) is 38.1 Å². The monoisotopic (exact) mass is 357 g/mol. The molecule has 130 valence electrons. The standard InChI is InChI=1S/C19H20NO4P/c1-3-22-25(21,23-4-2)18-14-15-10-8-9-13-17(15)24-19(18)20-16-11-6-5-7-12-16/h5-14H,3-4H2,1-2H3. The van der Waals surface area contributed by atoms with E-state index in [2.05, 4.69) is 4.99 Å². The Balaban J connectivity index is 2.30. The molecule has 0 aliphatic heterocycles. The Morgan fingerprint density at radius 1 is 0.960 bits per heavy atom. The fraction of sp³-hybridized carbons (Fsp3) is 0.211. The molecule has 25 heavy (non-hydrogen) atoms. The van der Waals surface area contributed by atoms with Crippen molar-refractivity contribution in [3.8, 4) is 0 Å². The van der Waals surface area contributed by atoms with Gasteiger partial charge in [-0.2, -0.15) is 0 Å². The summed E-state index contributed by atoms with van der Waals surface area (Å²) in [6.07, 6.45) is 0. The van der Waals surface area contributed by atoms with Crippen molar-refractivity contribution in [3.05, 3.63) is 66.2 Å². The molecule has 0 amide bonds. The van der Waals surface area contributed by atoms with Gasteiger partial charge < -0.3 is 13.5 Å². The first-order chi connectivity index (χ1) is 12.2. The smallest absolute Gasteiger partial charge is 0.366 e. The van der Waals surface area contributed by atoms with Gasteiger partial charge in [-0.25, -0.2) is 4.99 Å². The molecule has 0 aliphatic carbocycles. The van der Waals surface area contributed by atoms with E-state index in [0.29, 0.717) is 16.6 Å². The van der Waals surface area contributed by atoms with Crippen LogP contribution in [0.5, 0.6) is 0 Å². The minimum absolute atomic E-state index is 0.232. The van der Waals surface area contributed by atoms with E-state index < -0.39 is 7.60 Å². The molecule has 0 radical (unpaired) electrons. The van der Waals surface area contributed by atoms with E-state index in [1.54, 1.807) is 19.9 Å². The molecule has 3 aromatic rings. The molecule has 0 unspecified atom stereocenters. The molecule has 0 fully saturated rings. The van der Waals surface area contributed by atoms with Crippen LogP contribution in [0, 0.1) is 0 Å². The Kier molecular flexibility index (Phi) is 5.49. The first-order valence-electron chi connectivity index (χ1n) is 8.18. The van der Waals surface area contributed by atoms with Gasteiger partial charge in [0.2, 0.25) is 5.55 Å². The number of rotatable bonds is 6. The van der Waals surface area contributed by atoms with E-state index in [-0.39, 0.29) is 18.8 Å². The van der Waals surface area contributed by atoms with Gasteiger partial charge in [-0.15, -0.1) is 0 Å². The molecule has 1 aromatic heterocycles. The van der Waals surface area contributed by atoms with E-state index in [9.17, 15) is 4.57 Å². The molecule has 0 N–H and O–H groups in total. The largest absolute Gasteiger partial charge is 0.437 e. The summed E-state index contributed by atoms with van der Waals surface area (Å²) in [6, 6.07) is 18.6. The van der Waals surface area contributed by atoms with Crippen LogP contribution in [0.15, 0.2) is 70.1 Å². The van der Waals surface area contributed by atoms with Gasteiger partial charge in [0.15, 0.2) is 0 Å². The quantitative estimate of drug-likeness (QED) is 0.607. The zero-order valence-electron chi connectivity index (χ0n) is 14.2. The summed E-state index contributed by atoms with van der Waals surface area (Å²) in [5, 5.41) is 1.14. The van der Waals surface area contributed by atoms with Crippen LogP contribution < -0.4 is 10.9 Å². The molecule has 3 rings (SSSR count). The fourth-order valence-corrected chi connectivity index (χ4v) is 4.13. The maximum atomic E-state index is 13.3. The van der Waals surface area contributed by atoms with Crippen molar-refractivity contribution in [3.63, 3.8) is 0 Å². The van der Waals surface area contributed by atoms with Crippen molar-refractivity contribution in [2.75, 3.05) is 13.2 Å². The molecule has 0 saturated heterocycles. The number of hydrogen-bond acceptors (Lipinski definition) is 5. The minimum atomic E-state index is -3.54. The zero-order chi connectivity index (χ0) is 17.7. The van der Waals surface area contributed by atoms with Crippen LogP contribution in [0.25, 0.3) is 11.0 Å². The van der Waals surface area contributed by atoms with Crippen molar-refractivity contribution < 1.29 is 18.0 Å². The van der Waals surface area contributed by atoms with E-state index in [1.165, 1.54) is 0 Å². The molecule has 2 aromatic carbocycles. The van der Waals surface area contributed by atoms with Crippen LogP contribution in [-0.2, 0) is 13.6 Å². The van der Waals surface area contributed by atoms with Gasteiger partial charge >= 0.3 is 7.60 Å². The fourth-order valence-electron chi connectivity index (χ4n) is 2.47. The number of nitrogens with zero attached hydrogens (tertiary/aromatic N) is 1. The summed E-state index contributed by atoms with van der Waals surface area (Å²) >= 11 is 0. The SMILES string of the molecule is CCOP(=O)(OCC)c1cc2ccccc2oc1=Nc1ccccc1. The van der Waals surface area contributed by atoms with Crippen LogP contribution in [0.1, 0.15) is 13.8 Å². The Morgan fingerprint density at radius 3 is 2.28 bits per heavy atom. The van der Waals surface area contributed by atoms with E-state index in [1.807, 2.05) is 54.6 Å². The van der Waals surface area contributed by atoms with Crippen molar-refractivity contribution in [2.45, 2.75) is 13.8 Å². The second-order valence-electron chi connectivity index (χ2n) is 5.25. The number of fused-ring (bicyclic) bond motifs is 1. The predicted molar refractivity (Wildman–Crippen MR) is 98.4 cm³/mol. The van der Waals surface area contributed by atoms with Gasteiger partial charge in [-0.3, -0.25) is 4.57 Å². The highest BCUT2D eigenvalue weighted by Gasteiger charge is 2.30. The Morgan fingerprint density at radius 2 is 1.60 bits per heavy atom. The van der Waals surface area contributed by atoms with Crippen LogP contribution in [0.4, 0.5) is 5.69 Å². The summed E-state index contributed by atoms with van der Waals surface area (Å²) in [5.74, 6) is 0. The highest BCUT2D eigenvalue weighted by molar-refractivity contribution is 7.62. The third kappa shape index (κ3) is 3.90. The molecule has 1 heterocycles. The minimum Gasteiger partial charge on any atom is -0.437 e. The topological polar surface area (TPSA) is 61.0 Å². The van der Waals surface area contributed by atoms with Gasteiger partial charge in [-0.1, -0.05) is 36.4 Å². The lowest BCUT2D eigenvalue weighted by molar-refractivity contribution is 0.229. The maximum absolute atomic E-state index is 13.3. The van der Waals surface area contributed by atoms with Gasteiger partial charge in [0.1, 0.15) is 10.9 Å². The predicted octanol–water partition coefficient (Wildman–Crippen LogP) is 4.56. The van der Waals surface area contributed by atoms with Crippen molar-refractivity contribution in [1.82, 2.24) is 0 Å². The second kappa shape index (κ2) is 7.79. The van der Waals surface area contributed by atoms with Gasteiger partial charge in [0, 0.05) is 5.39 Å². The van der Waals surface area contributed by atoms with Gasteiger partial charge in [0.25, 0.3) is 0 Å². The average molecular weight is 357 g/mol. The highest BCUT2D eigenvalue weighted by Crippen LogP contribution is 2.46. The molecule has 0 bridgehead atoms. The van der Waals surface area contributed by atoms with Crippen molar-refractivity contribution in [2.24, 2.45) is 4.99 Å². The summed E-state index contributed by atoms with van der Waals surface area (Å²) < 4.78 is 30.2. The summed E-state index contributed by atoms with van der Waals surface area (Å²) in [4.78, 5) is 4.52. The first kappa shape index (κ1) is 17.6. The van der Waals surface area contributed by atoms with E-state index >= 15 is 0 Å². The second-order valence-corrected chi connectivity index (χ2v) is 7.25. The zero-order valence-corrected chi connectivity index (χ0v) is 15.1.